The van der Waals surface area contributed by atoms with Gasteiger partial charge in [0.15, 0.2) is 0 Å². The molecule has 0 aliphatic heterocycles. The van der Waals surface area contributed by atoms with Gasteiger partial charge in [-0.1, -0.05) is 28.1 Å². The average molecular weight is 388 g/mol. The van der Waals surface area contributed by atoms with Gasteiger partial charge in [0.2, 0.25) is 0 Å². The summed E-state index contributed by atoms with van der Waals surface area (Å²) >= 11 is 3.46. The van der Waals surface area contributed by atoms with Crippen LogP contribution in [0.25, 0.3) is 10.8 Å². The van der Waals surface area contributed by atoms with Crippen LogP contribution in [0, 0.1) is 0 Å². The molecule has 2 heterocycles. The minimum absolute atomic E-state index is 0.0774. The topological polar surface area (TPSA) is 114 Å². The second-order valence-electron chi connectivity index (χ2n) is 5.06. The normalized spacial score (nSPS) is 10.8. The Balaban J connectivity index is 1.85. The van der Waals surface area contributed by atoms with Crippen molar-refractivity contribution >= 4 is 32.6 Å². The molecule has 122 valence electrons. The maximum absolute atomic E-state index is 12.4. The van der Waals surface area contributed by atoms with Crippen molar-refractivity contribution in [3.05, 3.63) is 68.6 Å². The molecular formula is C16H14BrN5O2. The van der Waals surface area contributed by atoms with Crippen molar-refractivity contribution in [1.82, 2.24) is 20.3 Å². The molecule has 0 aliphatic rings. The first-order chi connectivity index (χ1) is 11.6. The zero-order chi connectivity index (χ0) is 17.1. The Kier molecular flexibility index (Phi) is 4.68. The standard InChI is InChI=1S/C16H14BrN5O2/c17-12-3-1-2-11-10(12)4-5-19-15(11)16(24)20-8-13-21-9(7-18)6-14(23)22-13/h1-6H,7-8,18H2,(H,20,24)(H,21,22,23). The van der Waals surface area contributed by atoms with Crippen LogP contribution in [-0.4, -0.2) is 20.9 Å². The molecule has 0 unspecified atom stereocenters. The molecule has 0 saturated carbocycles. The highest BCUT2D eigenvalue weighted by atomic mass is 79.9. The van der Waals surface area contributed by atoms with Crippen molar-refractivity contribution in [1.29, 1.82) is 0 Å². The zero-order valence-electron chi connectivity index (χ0n) is 12.5. The van der Waals surface area contributed by atoms with Crippen LogP contribution in [0.2, 0.25) is 0 Å². The molecule has 4 N–H and O–H groups in total. The number of benzene rings is 1. The van der Waals surface area contributed by atoms with E-state index in [1.54, 1.807) is 6.20 Å². The van der Waals surface area contributed by atoms with E-state index in [9.17, 15) is 9.59 Å². The maximum Gasteiger partial charge on any atom is 0.270 e. The lowest BCUT2D eigenvalue weighted by atomic mass is 10.1. The molecule has 2 aromatic heterocycles. The number of nitrogens with one attached hydrogen (secondary N) is 2. The minimum Gasteiger partial charge on any atom is -0.343 e. The average Bonchev–Trinajstić information content (AvgIpc) is 2.59. The van der Waals surface area contributed by atoms with Crippen LogP contribution >= 0.6 is 15.9 Å². The largest absolute Gasteiger partial charge is 0.343 e. The number of rotatable bonds is 4. The summed E-state index contributed by atoms with van der Waals surface area (Å²) in [6, 6.07) is 8.73. The number of nitrogens with two attached hydrogens (primary N) is 1. The Morgan fingerprint density at radius 3 is 2.92 bits per heavy atom. The third-order valence-corrected chi connectivity index (χ3v) is 4.13. The fourth-order valence-electron chi connectivity index (χ4n) is 2.35. The quantitative estimate of drug-likeness (QED) is 0.626. The van der Waals surface area contributed by atoms with Gasteiger partial charge in [-0.2, -0.15) is 0 Å². The van der Waals surface area contributed by atoms with Crippen LogP contribution < -0.4 is 16.6 Å². The Bertz CT molecular complexity index is 970. The third kappa shape index (κ3) is 3.34. The van der Waals surface area contributed by atoms with Crippen molar-refractivity contribution in [3.8, 4) is 0 Å². The summed E-state index contributed by atoms with van der Waals surface area (Å²) in [5, 5.41) is 4.35. The van der Waals surface area contributed by atoms with Crippen LogP contribution in [0.5, 0.6) is 0 Å². The summed E-state index contributed by atoms with van der Waals surface area (Å²) < 4.78 is 0.887. The molecule has 0 fully saturated rings. The fraction of sp³-hybridized carbons (Fsp3) is 0.125. The van der Waals surface area contributed by atoms with Crippen LogP contribution in [0.4, 0.5) is 0 Å². The molecule has 0 aliphatic carbocycles. The van der Waals surface area contributed by atoms with Gasteiger partial charge in [0.1, 0.15) is 11.5 Å². The smallest absolute Gasteiger partial charge is 0.270 e. The zero-order valence-corrected chi connectivity index (χ0v) is 14.1. The van der Waals surface area contributed by atoms with Gasteiger partial charge < -0.3 is 16.0 Å². The van der Waals surface area contributed by atoms with Gasteiger partial charge in [0.25, 0.3) is 11.5 Å². The fourth-order valence-corrected chi connectivity index (χ4v) is 2.85. The predicted octanol–water partition coefficient (Wildman–Crippen LogP) is 1.47. The summed E-state index contributed by atoms with van der Waals surface area (Å²) in [5.41, 5.74) is 5.97. The van der Waals surface area contributed by atoms with Gasteiger partial charge in [-0.3, -0.25) is 14.6 Å². The first kappa shape index (κ1) is 16.3. The number of nitrogens with zero attached hydrogens (tertiary/aromatic N) is 2. The van der Waals surface area contributed by atoms with Gasteiger partial charge in [-0.15, -0.1) is 0 Å². The van der Waals surface area contributed by atoms with Crippen LogP contribution in [-0.2, 0) is 13.1 Å². The Hall–Kier alpha value is -2.58. The molecule has 1 amide bonds. The number of aromatic nitrogens is 3. The SMILES string of the molecule is NCc1cc(=O)[nH]c(CNC(=O)c2nccc3c(Br)cccc23)n1. The molecular weight excluding hydrogens is 374 g/mol. The van der Waals surface area contributed by atoms with Crippen molar-refractivity contribution < 1.29 is 4.79 Å². The number of aromatic amines is 1. The molecule has 0 bridgehead atoms. The Morgan fingerprint density at radius 2 is 2.12 bits per heavy atom. The number of H-pyrrole nitrogens is 1. The molecule has 0 radical (unpaired) electrons. The number of carbonyl (C=O) groups excluding carboxylic acids is 1. The van der Waals surface area contributed by atoms with E-state index >= 15 is 0 Å². The summed E-state index contributed by atoms with van der Waals surface area (Å²) in [5.74, 6) is -0.00258. The van der Waals surface area contributed by atoms with Crippen molar-refractivity contribution in [2.45, 2.75) is 13.1 Å². The third-order valence-electron chi connectivity index (χ3n) is 3.44. The lowest BCUT2D eigenvalue weighted by Crippen LogP contribution is -2.27. The van der Waals surface area contributed by atoms with E-state index in [1.165, 1.54) is 6.07 Å². The van der Waals surface area contributed by atoms with E-state index in [-0.39, 0.29) is 24.6 Å². The highest BCUT2D eigenvalue weighted by Crippen LogP contribution is 2.25. The molecule has 0 spiro atoms. The summed E-state index contributed by atoms with van der Waals surface area (Å²) in [6.07, 6.45) is 1.58. The molecule has 24 heavy (non-hydrogen) atoms. The Morgan fingerprint density at radius 1 is 1.29 bits per heavy atom. The van der Waals surface area contributed by atoms with Gasteiger partial charge in [0, 0.05) is 28.7 Å². The van der Waals surface area contributed by atoms with Gasteiger partial charge in [-0.05, 0) is 17.5 Å². The van der Waals surface area contributed by atoms with Crippen molar-refractivity contribution in [2.24, 2.45) is 5.73 Å². The lowest BCUT2D eigenvalue weighted by molar-refractivity contribution is 0.0946. The van der Waals surface area contributed by atoms with Crippen LogP contribution in [0.15, 0.2) is 45.8 Å². The van der Waals surface area contributed by atoms with E-state index in [4.69, 9.17) is 5.73 Å². The van der Waals surface area contributed by atoms with E-state index < -0.39 is 0 Å². The van der Waals surface area contributed by atoms with Gasteiger partial charge in [-0.25, -0.2) is 4.98 Å². The highest BCUT2D eigenvalue weighted by Gasteiger charge is 2.13. The second kappa shape index (κ2) is 6.90. The molecule has 3 aromatic rings. The monoisotopic (exact) mass is 387 g/mol. The number of hydrogen-bond acceptors (Lipinski definition) is 5. The summed E-state index contributed by atoms with van der Waals surface area (Å²) in [4.78, 5) is 34.9. The first-order valence-electron chi connectivity index (χ1n) is 7.19. The van der Waals surface area contributed by atoms with E-state index in [1.807, 2.05) is 24.3 Å². The van der Waals surface area contributed by atoms with E-state index in [0.717, 1.165) is 15.2 Å². The van der Waals surface area contributed by atoms with E-state index in [0.29, 0.717) is 17.2 Å². The Labute approximate surface area is 145 Å². The van der Waals surface area contributed by atoms with Crippen molar-refractivity contribution in [2.75, 3.05) is 0 Å². The van der Waals surface area contributed by atoms with Crippen molar-refractivity contribution in [3.63, 3.8) is 0 Å². The highest BCUT2D eigenvalue weighted by molar-refractivity contribution is 9.10. The molecule has 0 atom stereocenters. The van der Waals surface area contributed by atoms with E-state index in [2.05, 4.69) is 36.2 Å². The number of pyridine rings is 1. The number of fused-ring (bicyclic) bond motifs is 1. The number of hydrogen-bond donors (Lipinski definition) is 3. The van der Waals surface area contributed by atoms with Crippen LogP contribution in [0.3, 0.4) is 0 Å². The number of halogens is 1. The molecule has 3 rings (SSSR count). The number of carbonyl (C=O) groups is 1. The minimum atomic E-state index is -0.348. The second-order valence-corrected chi connectivity index (χ2v) is 5.92. The van der Waals surface area contributed by atoms with Gasteiger partial charge in [0.05, 0.1) is 12.2 Å². The van der Waals surface area contributed by atoms with Gasteiger partial charge >= 0.3 is 0 Å². The molecule has 1 aromatic carbocycles. The first-order valence-corrected chi connectivity index (χ1v) is 7.98. The summed E-state index contributed by atoms with van der Waals surface area (Å²) in [7, 11) is 0. The molecule has 8 heteroatoms. The molecule has 7 nitrogen and oxygen atoms in total. The van der Waals surface area contributed by atoms with Crippen LogP contribution in [0.1, 0.15) is 22.0 Å². The lowest BCUT2D eigenvalue weighted by Gasteiger charge is -2.08. The molecule has 0 saturated heterocycles. The number of amides is 1. The maximum atomic E-state index is 12.4. The predicted molar refractivity (Wildman–Crippen MR) is 93.4 cm³/mol. The summed E-state index contributed by atoms with van der Waals surface area (Å²) in [6.45, 7) is 0.234.